The van der Waals surface area contributed by atoms with E-state index in [-0.39, 0.29) is 17.1 Å². The number of benzene rings is 1. The van der Waals surface area contributed by atoms with Crippen LogP contribution in [0.2, 0.25) is 0 Å². The Labute approximate surface area is 143 Å². The number of ether oxygens (including phenoxy) is 1. The summed E-state index contributed by atoms with van der Waals surface area (Å²) in [6.07, 6.45) is 3.21. The van der Waals surface area contributed by atoms with Gasteiger partial charge in [0, 0.05) is 12.4 Å². The molecular weight excluding hydrogens is 386 g/mol. The zero-order chi connectivity index (χ0) is 17.3. The molecule has 1 aromatic carbocycles. The molecule has 0 aliphatic rings. The second-order valence-electron chi connectivity index (χ2n) is 4.88. The number of nitrogens with one attached hydrogen (secondary N) is 1. The predicted octanol–water partition coefficient (Wildman–Crippen LogP) is 3.65. The molecule has 1 amide bonds. The fourth-order valence-electron chi connectivity index (χ4n) is 2.13. The van der Waals surface area contributed by atoms with Crippen LogP contribution >= 0.6 is 15.9 Å². The van der Waals surface area contributed by atoms with Crippen molar-refractivity contribution in [2.75, 3.05) is 5.32 Å². The monoisotopic (exact) mass is 396 g/mol. The molecular formula is C15H11BrF2N4O2. The van der Waals surface area contributed by atoms with Crippen molar-refractivity contribution in [1.82, 2.24) is 14.6 Å². The van der Waals surface area contributed by atoms with E-state index in [4.69, 9.17) is 0 Å². The maximum atomic E-state index is 12.5. The van der Waals surface area contributed by atoms with Crippen molar-refractivity contribution in [3.8, 4) is 5.75 Å². The van der Waals surface area contributed by atoms with E-state index >= 15 is 0 Å². The number of aryl methyl sites for hydroxylation is 1. The molecule has 0 saturated carbocycles. The lowest BCUT2D eigenvalue weighted by Crippen LogP contribution is -2.15. The summed E-state index contributed by atoms with van der Waals surface area (Å²) >= 11 is 3.28. The van der Waals surface area contributed by atoms with E-state index in [1.165, 1.54) is 16.6 Å². The maximum Gasteiger partial charge on any atom is 0.387 e. The van der Waals surface area contributed by atoms with Gasteiger partial charge in [-0.2, -0.15) is 13.9 Å². The number of nitrogens with zero attached hydrogens (tertiary/aromatic N) is 3. The number of anilines is 1. The Morgan fingerprint density at radius 3 is 2.92 bits per heavy atom. The SMILES string of the molecule is Cc1ccc(OC(F)F)c(NC(=O)c2nn3cccnc3c2Br)c1. The molecule has 2 aromatic heterocycles. The van der Waals surface area contributed by atoms with E-state index in [9.17, 15) is 13.6 Å². The van der Waals surface area contributed by atoms with Crippen molar-refractivity contribution in [2.45, 2.75) is 13.5 Å². The van der Waals surface area contributed by atoms with Gasteiger partial charge in [-0.1, -0.05) is 6.07 Å². The summed E-state index contributed by atoms with van der Waals surface area (Å²) in [4.78, 5) is 16.6. The molecule has 124 valence electrons. The Morgan fingerprint density at radius 1 is 1.42 bits per heavy atom. The average molecular weight is 397 g/mol. The van der Waals surface area contributed by atoms with Crippen molar-refractivity contribution in [2.24, 2.45) is 0 Å². The number of carbonyl (C=O) groups excluding carboxylic acids is 1. The van der Waals surface area contributed by atoms with Crippen molar-refractivity contribution >= 4 is 33.2 Å². The number of aromatic nitrogens is 3. The van der Waals surface area contributed by atoms with Crippen molar-refractivity contribution in [1.29, 1.82) is 0 Å². The molecule has 24 heavy (non-hydrogen) atoms. The number of rotatable bonds is 4. The standard InChI is InChI=1S/C15H11BrF2N4O2/c1-8-3-4-10(24-15(17)18)9(7-8)20-14(23)12-11(16)13-19-5-2-6-22(13)21-12/h2-7,15H,1H3,(H,20,23). The molecule has 0 fully saturated rings. The van der Waals surface area contributed by atoms with Gasteiger partial charge in [-0.05, 0) is 46.6 Å². The number of hydrogen-bond acceptors (Lipinski definition) is 4. The van der Waals surface area contributed by atoms with Crippen LogP contribution in [-0.2, 0) is 0 Å². The number of amides is 1. The summed E-state index contributed by atoms with van der Waals surface area (Å²) in [7, 11) is 0. The van der Waals surface area contributed by atoms with Gasteiger partial charge in [-0.15, -0.1) is 0 Å². The zero-order valence-corrected chi connectivity index (χ0v) is 13.9. The smallest absolute Gasteiger partial charge is 0.387 e. The lowest BCUT2D eigenvalue weighted by atomic mass is 10.2. The Hall–Kier alpha value is -2.55. The quantitative estimate of drug-likeness (QED) is 0.730. The normalized spacial score (nSPS) is 11.0. The van der Waals surface area contributed by atoms with Gasteiger partial charge >= 0.3 is 6.61 Å². The summed E-state index contributed by atoms with van der Waals surface area (Å²) in [6, 6.07) is 6.19. The third-order valence-corrected chi connectivity index (χ3v) is 3.88. The van der Waals surface area contributed by atoms with Crippen LogP contribution in [0.5, 0.6) is 5.75 Å². The van der Waals surface area contributed by atoms with Gasteiger partial charge < -0.3 is 10.1 Å². The maximum absolute atomic E-state index is 12.5. The van der Waals surface area contributed by atoms with Crippen LogP contribution in [0.3, 0.4) is 0 Å². The average Bonchev–Trinajstić information content (AvgIpc) is 2.87. The van der Waals surface area contributed by atoms with Gasteiger partial charge in [-0.3, -0.25) is 4.79 Å². The highest BCUT2D eigenvalue weighted by Gasteiger charge is 2.20. The second kappa shape index (κ2) is 6.52. The van der Waals surface area contributed by atoms with Crippen LogP contribution in [0.1, 0.15) is 16.1 Å². The van der Waals surface area contributed by atoms with Crippen LogP contribution in [-0.4, -0.2) is 27.1 Å². The lowest BCUT2D eigenvalue weighted by Gasteiger charge is -2.12. The first-order valence-corrected chi connectivity index (χ1v) is 7.60. The van der Waals surface area contributed by atoms with E-state index in [0.717, 1.165) is 5.56 Å². The van der Waals surface area contributed by atoms with Crippen LogP contribution in [0.15, 0.2) is 41.1 Å². The van der Waals surface area contributed by atoms with E-state index in [1.807, 2.05) is 0 Å². The molecule has 0 saturated heterocycles. The minimum Gasteiger partial charge on any atom is -0.433 e. The Bertz CT molecular complexity index is 914. The van der Waals surface area contributed by atoms with Crippen LogP contribution < -0.4 is 10.1 Å². The van der Waals surface area contributed by atoms with Gasteiger partial charge in [0.2, 0.25) is 0 Å². The van der Waals surface area contributed by atoms with Crippen molar-refractivity contribution in [3.63, 3.8) is 0 Å². The molecule has 0 bridgehead atoms. The van der Waals surface area contributed by atoms with E-state index in [2.05, 4.69) is 36.1 Å². The molecule has 0 radical (unpaired) electrons. The molecule has 0 aliphatic carbocycles. The van der Waals surface area contributed by atoms with Gasteiger partial charge in [0.05, 0.1) is 10.2 Å². The van der Waals surface area contributed by atoms with Gasteiger partial charge in [0.1, 0.15) is 5.75 Å². The van der Waals surface area contributed by atoms with Crippen LogP contribution in [0.25, 0.3) is 5.65 Å². The molecule has 9 heteroatoms. The van der Waals surface area contributed by atoms with Crippen molar-refractivity contribution in [3.05, 3.63) is 52.4 Å². The fourth-order valence-corrected chi connectivity index (χ4v) is 2.67. The fraction of sp³-hybridized carbons (Fsp3) is 0.133. The minimum absolute atomic E-state index is 0.0817. The summed E-state index contributed by atoms with van der Waals surface area (Å²) in [5.74, 6) is -0.695. The lowest BCUT2D eigenvalue weighted by molar-refractivity contribution is -0.0493. The van der Waals surface area contributed by atoms with Crippen LogP contribution in [0, 0.1) is 6.92 Å². The third-order valence-electron chi connectivity index (χ3n) is 3.15. The molecule has 0 atom stereocenters. The summed E-state index contributed by atoms with van der Waals surface area (Å²) < 4.78 is 31.3. The molecule has 0 aliphatic heterocycles. The topological polar surface area (TPSA) is 68.5 Å². The highest BCUT2D eigenvalue weighted by molar-refractivity contribution is 9.10. The van der Waals surface area contributed by atoms with Crippen LogP contribution in [0.4, 0.5) is 14.5 Å². The molecule has 2 heterocycles. The largest absolute Gasteiger partial charge is 0.433 e. The number of carbonyl (C=O) groups is 1. The third kappa shape index (κ3) is 3.21. The first-order valence-electron chi connectivity index (χ1n) is 6.81. The highest BCUT2D eigenvalue weighted by Crippen LogP contribution is 2.29. The number of alkyl halides is 2. The minimum atomic E-state index is -2.99. The van der Waals surface area contributed by atoms with E-state index in [0.29, 0.717) is 10.1 Å². The molecule has 0 spiro atoms. The summed E-state index contributed by atoms with van der Waals surface area (Å²) in [5.41, 5.74) is 1.47. The zero-order valence-electron chi connectivity index (χ0n) is 12.3. The van der Waals surface area contributed by atoms with Gasteiger partial charge in [-0.25, -0.2) is 9.50 Å². The van der Waals surface area contributed by atoms with Gasteiger partial charge in [0.25, 0.3) is 5.91 Å². The molecule has 6 nitrogen and oxygen atoms in total. The first-order chi connectivity index (χ1) is 11.5. The summed E-state index contributed by atoms with van der Waals surface area (Å²) in [5, 5.41) is 6.67. The summed E-state index contributed by atoms with van der Waals surface area (Å²) in [6.45, 7) is -1.22. The second-order valence-corrected chi connectivity index (χ2v) is 5.68. The Kier molecular flexibility index (Phi) is 4.43. The number of fused-ring (bicyclic) bond motifs is 1. The van der Waals surface area contributed by atoms with Crippen molar-refractivity contribution < 1.29 is 18.3 Å². The first kappa shape index (κ1) is 16.3. The van der Waals surface area contributed by atoms with E-state index < -0.39 is 12.5 Å². The highest BCUT2D eigenvalue weighted by atomic mass is 79.9. The van der Waals surface area contributed by atoms with Gasteiger partial charge in [0.15, 0.2) is 11.3 Å². The molecule has 3 rings (SSSR count). The Morgan fingerprint density at radius 2 is 2.21 bits per heavy atom. The predicted molar refractivity (Wildman–Crippen MR) is 86.5 cm³/mol. The molecule has 0 unspecified atom stereocenters. The number of halogens is 3. The Balaban J connectivity index is 1.94. The molecule has 3 aromatic rings. The van der Waals surface area contributed by atoms with E-state index in [1.54, 1.807) is 31.5 Å². The molecule has 1 N–H and O–H groups in total. The number of hydrogen-bond donors (Lipinski definition) is 1.